The highest BCUT2D eigenvalue weighted by molar-refractivity contribution is 5.97. The van der Waals surface area contributed by atoms with E-state index in [0.29, 0.717) is 29.3 Å². The van der Waals surface area contributed by atoms with Gasteiger partial charge in [-0.05, 0) is 51.0 Å². The van der Waals surface area contributed by atoms with Crippen LogP contribution in [0.1, 0.15) is 48.9 Å². The number of hydrogen-bond acceptors (Lipinski definition) is 7. The van der Waals surface area contributed by atoms with Gasteiger partial charge in [0.2, 0.25) is 5.95 Å². The second kappa shape index (κ2) is 8.44. The van der Waals surface area contributed by atoms with Crippen LogP contribution in [0.5, 0.6) is 0 Å². The summed E-state index contributed by atoms with van der Waals surface area (Å²) in [5.74, 6) is 1.13. The molecule has 1 aliphatic carbocycles. The van der Waals surface area contributed by atoms with Crippen LogP contribution in [0.15, 0.2) is 6.20 Å². The zero-order valence-corrected chi connectivity index (χ0v) is 14.5. The SMILES string of the molecule is NC[C@H]1CC[C@H](Nc2nc(NC3CCOCC3)ncc2C(N)=O)CC1. The Labute approximate surface area is 148 Å². The molecule has 1 amide bonds. The minimum absolute atomic E-state index is 0.284. The number of amides is 1. The van der Waals surface area contributed by atoms with Crippen molar-refractivity contribution >= 4 is 17.7 Å². The molecule has 6 N–H and O–H groups in total. The average molecular weight is 348 g/mol. The van der Waals surface area contributed by atoms with Gasteiger partial charge in [0, 0.05) is 31.5 Å². The Morgan fingerprint density at radius 1 is 1.12 bits per heavy atom. The minimum atomic E-state index is -0.518. The molecule has 1 aliphatic heterocycles. The Balaban J connectivity index is 1.69. The summed E-state index contributed by atoms with van der Waals surface area (Å²) in [6.45, 7) is 2.23. The van der Waals surface area contributed by atoms with E-state index in [9.17, 15) is 4.79 Å². The van der Waals surface area contributed by atoms with E-state index in [0.717, 1.165) is 58.3 Å². The summed E-state index contributed by atoms with van der Waals surface area (Å²) in [6, 6.07) is 0.577. The van der Waals surface area contributed by atoms with E-state index in [4.69, 9.17) is 16.2 Å². The summed E-state index contributed by atoms with van der Waals surface area (Å²) in [6.07, 6.45) is 7.58. The van der Waals surface area contributed by atoms with Crippen molar-refractivity contribution in [1.29, 1.82) is 0 Å². The van der Waals surface area contributed by atoms with Gasteiger partial charge < -0.3 is 26.8 Å². The van der Waals surface area contributed by atoms with E-state index in [2.05, 4.69) is 20.6 Å². The summed E-state index contributed by atoms with van der Waals surface area (Å²) < 4.78 is 5.37. The molecule has 1 saturated heterocycles. The second-order valence-electron chi connectivity index (χ2n) is 6.95. The molecule has 0 radical (unpaired) electrons. The maximum absolute atomic E-state index is 11.7. The second-order valence-corrected chi connectivity index (χ2v) is 6.95. The van der Waals surface area contributed by atoms with Gasteiger partial charge in [-0.1, -0.05) is 0 Å². The molecule has 0 spiro atoms. The molecule has 1 aromatic heterocycles. The maximum atomic E-state index is 11.7. The van der Waals surface area contributed by atoms with E-state index in [1.54, 1.807) is 0 Å². The number of nitrogens with two attached hydrogens (primary N) is 2. The summed E-state index contributed by atoms with van der Waals surface area (Å²) in [5.41, 5.74) is 11.6. The molecule has 2 fully saturated rings. The number of carbonyl (C=O) groups excluding carboxylic acids is 1. The van der Waals surface area contributed by atoms with Crippen molar-refractivity contribution in [3.05, 3.63) is 11.8 Å². The number of aromatic nitrogens is 2. The molecule has 2 heterocycles. The lowest BCUT2D eigenvalue weighted by atomic mass is 9.86. The van der Waals surface area contributed by atoms with Gasteiger partial charge in [-0.3, -0.25) is 4.79 Å². The standard InChI is InChI=1S/C17H28N6O2/c18-9-11-1-3-12(4-2-11)21-16-14(15(19)24)10-20-17(23-16)22-13-5-7-25-8-6-13/h10-13H,1-9,18H2,(H2,19,24)(H2,20,21,22,23)/t11-,12-. The first-order chi connectivity index (χ1) is 12.2. The van der Waals surface area contributed by atoms with Crippen molar-refractivity contribution < 1.29 is 9.53 Å². The Hall–Kier alpha value is -1.93. The zero-order chi connectivity index (χ0) is 17.6. The Morgan fingerprint density at radius 2 is 1.80 bits per heavy atom. The Morgan fingerprint density at radius 3 is 2.44 bits per heavy atom. The summed E-state index contributed by atoms with van der Waals surface area (Å²) in [7, 11) is 0. The van der Waals surface area contributed by atoms with Gasteiger partial charge in [-0.2, -0.15) is 4.98 Å². The van der Waals surface area contributed by atoms with Crippen LogP contribution in [0, 0.1) is 5.92 Å². The molecule has 2 aliphatic rings. The first-order valence-electron chi connectivity index (χ1n) is 9.13. The molecule has 0 unspecified atom stereocenters. The number of anilines is 2. The van der Waals surface area contributed by atoms with Gasteiger partial charge in [-0.25, -0.2) is 4.98 Å². The third-order valence-corrected chi connectivity index (χ3v) is 5.13. The Bertz CT molecular complexity index is 583. The third kappa shape index (κ3) is 4.79. The van der Waals surface area contributed by atoms with E-state index in [1.165, 1.54) is 6.20 Å². The fourth-order valence-corrected chi connectivity index (χ4v) is 3.50. The topological polar surface area (TPSA) is 128 Å². The summed E-state index contributed by atoms with van der Waals surface area (Å²) in [5, 5.41) is 6.73. The molecule has 0 atom stereocenters. The number of hydrogen-bond donors (Lipinski definition) is 4. The van der Waals surface area contributed by atoms with Crippen molar-refractivity contribution in [1.82, 2.24) is 9.97 Å². The molecular formula is C17H28N6O2. The largest absolute Gasteiger partial charge is 0.381 e. The van der Waals surface area contributed by atoms with Crippen molar-refractivity contribution in [2.24, 2.45) is 17.4 Å². The summed E-state index contributed by atoms with van der Waals surface area (Å²) >= 11 is 0. The smallest absolute Gasteiger partial charge is 0.254 e. The van der Waals surface area contributed by atoms with Crippen molar-refractivity contribution in [2.75, 3.05) is 30.4 Å². The van der Waals surface area contributed by atoms with Crippen molar-refractivity contribution in [2.45, 2.75) is 50.6 Å². The molecule has 1 aromatic rings. The quantitative estimate of drug-likeness (QED) is 0.606. The minimum Gasteiger partial charge on any atom is -0.381 e. The Kier molecular flexibility index (Phi) is 6.04. The summed E-state index contributed by atoms with van der Waals surface area (Å²) in [4.78, 5) is 20.5. The highest BCUT2D eigenvalue weighted by atomic mass is 16.5. The number of ether oxygens (including phenoxy) is 1. The molecule has 8 nitrogen and oxygen atoms in total. The van der Waals surface area contributed by atoms with Crippen LogP contribution in [0.2, 0.25) is 0 Å². The maximum Gasteiger partial charge on any atom is 0.254 e. The van der Waals surface area contributed by atoms with Crippen LogP contribution in [0.25, 0.3) is 0 Å². The lowest BCUT2D eigenvalue weighted by Crippen LogP contribution is -2.31. The lowest BCUT2D eigenvalue weighted by molar-refractivity contribution is 0.0903. The third-order valence-electron chi connectivity index (χ3n) is 5.13. The normalized spacial score (nSPS) is 24.7. The van der Waals surface area contributed by atoms with Crippen LogP contribution in [-0.4, -0.2) is 47.7 Å². The van der Waals surface area contributed by atoms with Crippen LogP contribution < -0.4 is 22.1 Å². The average Bonchev–Trinajstić information content (AvgIpc) is 2.63. The number of nitrogens with zero attached hydrogens (tertiary/aromatic N) is 2. The van der Waals surface area contributed by atoms with Gasteiger partial charge in [0.25, 0.3) is 5.91 Å². The first-order valence-corrected chi connectivity index (χ1v) is 9.13. The molecule has 3 rings (SSSR count). The van der Waals surface area contributed by atoms with E-state index in [1.807, 2.05) is 0 Å². The van der Waals surface area contributed by atoms with Gasteiger partial charge in [0.05, 0.1) is 5.56 Å². The predicted molar refractivity (Wildman–Crippen MR) is 96.4 cm³/mol. The first kappa shape index (κ1) is 17.9. The molecule has 0 bridgehead atoms. The molecule has 25 heavy (non-hydrogen) atoms. The van der Waals surface area contributed by atoms with Gasteiger partial charge in [-0.15, -0.1) is 0 Å². The number of rotatable bonds is 6. The monoisotopic (exact) mass is 348 g/mol. The van der Waals surface area contributed by atoms with Crippen molar-refractivity contribution in [3.63, 3.8) is 0 Å². The molecule has 0 aromatic carbocycles. The van der Waals surface area contributed by atoms with Gasteiger partial charge >= 0.3 is 0 Å². The van der Waals surface area contributed by atoms with E-state index in [-0.39, 0.29) is 6.04 Å². The van der Waals surface area contributed by atoms with Gasteiger partial charge in [0.15, 0.2) is 0 Å². The van der Waals surface area contributed by atoms with Gasteiger partial charge in [0.1, 0.15) is 5.82 Å². The number of primary amides is 1. The highest BCUT2D eigenvalue weighted by Crippen LogP contribution is 2.26. The van der Waals surface area contributed by atoms with Crippen LogP contribution in [0.4, 0.5) is 11.8 Å². The van der Waals surface area contributed by atoms with E-state index >= 15 is 0 Å². The fourth-order valence-electron chi connectivity index (χ4n) is 3.50. The zero-order valence-electron chi connectivity index (χ0n) is 14.5. The predicted octanol–water partition coefficient (Wildman–Crippen LogP) is 1.10. The lowest BCUT2D eigenvalue weighted by Gasteiger charge is -2.29. The van der Waals surface area contributed by atoms with Crippen molar-refractivity contribution in [3.8, 4) is 0 Å². The number of carbonyl (C=O) groups is 1. The molecule has 138 valence electrons. The molecule has 8 heteroatoms. The highest BCUT2D eigenvalue weighted by Gasteiger charge is 2.23. The van der Waals surface area contributed by atoms with Crippen LogP contribution in [-0.2, 0) is 4.74 Å². The molecule has 1 saturated carbocycles. The van der Waals surface area contributed by atoms with E-state index < -0.39 is 5.91 Å². The number of nitrogens with one attached hydrogen (secondary N) is 2. The molecular weight excluding hydrogens is 320 g/mol. The fraction of sp³-hybridized carbons (Fsp3) is 0.706. The van der Waals surface area contributed by atoms with Crippen LogP contribution >= 0.6 is 0 Å². The van der Waals surface area contributed by atoms with Crippen LogP contribution in [0.3, 0.4) is 0 Å².